The van der Waals surface area contributed by atoms with Crippen molar-refractivity contribution in [3.05, 3.63) is 34.3 Å². The molecule has 3 rings (SSSR count). The van der Waals surface area contributed by atoms with Crippen molar-refractivity contribution in [1.82, 2.24) is 10.2 Å². The summed E-state index contributed by atoms with van der Waals surface area (Å²) in [5.74, 6) is 0.158. The number of piperidine rings is 1. The van der Waals surface area contributed by atoms with Gasteiger partial charge in [-0.25, -0.2) is 0 Å². The standard InChI is InChI=1S/C16H21ClN2O/c1-12-9-13(17)3-4-14(12)15(20)19-8-2-5-16(11-19)6-7-18-10-16/h3-4,9,18H,2,5-8,10-11H2,1H3. The summed E-state index contributed by atoms with van der Waals surface area (Å²) < 4.78 is 0. The van der Waals surface area contributed by atoms with Gasteiger partial charge in [-0.05, 0) is 56.5 Å². The zero-order valence-electron chi connectivity index (χ0n) is 11.9. The van der Waals surface area contributed by atoms with Gasteiger partial charge >= 0.3 is 0 Å². The number of aryl methyl sites for hydroxylation is 1. The maximum Gasteiger partial charge on any atom is 0.254 e. The van der Waals surface area contributed by atoms with E-state index in [0.717, 1.165) is 43.7 Å². The number of nitrogens with zero attached hydrogens (tertiary/aromatic N) is 1. The first-order valence-corrected chi connectivity index (χ1v) is 7.74. The fraction of sp³-hybridized carbons (Fsp3) is 0.562. The van der Waals surface area contributed by atoms with Gasteiger partial charge in [0, 0.05) is 35.6 Å². The first-order valence-electron chi connectivity index (χ1n) is 7.36. The van der Waals surface area contributed by atoms with E-state index >= 15 is 0 Å². The minimum absolute atomic E-state index is 0.158. The van der Waals surface area contributed by atoms with Crippen molar-refractivity contribution in [2.75, 3.05) is 26.2 Å². The average molecular weight is 293 g/mol. The molecule has 1 atom stereocenters. The second-order valence-electron chi connectivity index (χ2n) is 6.22. The molecule has 1 aromatic carbocycles. The van der Waals surface area contributed by atoms with E-state index in [0.29, 0.717) is 10.4 Å². The molecule has 2 aliphatic heterocycles. The van der Waals surface area contributed by atoms with Crippen LogP contribution in [0.25, 0.3) is 0 Å². The van der Waals surface area contributed by atoms with Crippen molar-refractivity contribution in [1.29, 1.82) is 0 Å². The summed E-state index contributed by atoms with van der Waals surface area (Å²) in [6, 6.07) is 5.53. The van der Waals surface area contributed by atoms with Crippen molar-refractivity contribution in [2.24, 2.45) is 5.41 Å². The fourth-order valence-corrected chi connectivity index (χ4v) is 3.79. The van der Waals surface area contributed by atoms with Crippen LogP contribution in [-0.2, 0) is 0 Å². The lowest BCUT2D eigenvalue weighted by Crippen LogP contribution is -2.47. The summed E-state index contributed by atoms with van der Waals surface area (Å²) in [5, 5.41) is 4.13. The number of halogens is 1. The molecule has 2 heterocycles. The number of amides is 1. The predicted octanol–water partition coefficient (Wildman–Crippen LogP) is 2.86. The van der Waals surface area contributed by atoms with Crippen molar-refractivity contribution < 1.29 is 4.79 Å². The van der Waals surface area contributed by atoms with Gasteiger partial charge in [-0.3, -0.25) is 4.79 Å². The molecule has 1 spiro atoms. The van der Waals surface area contributed by atoms with Crippen LogP contribution in [0.15, 0.2) is 18.2 Å². The Balaban J connectivity index is 1.79. The van der Waals surface area contributed by atoms with E-state index in [1.807, 2.05) is 24.0 Å². The number of carbonyl (C=O) groups is 1. The van der Waals surface area contributed by atoms with E-state index in [4.69, 9.17) is 11.6 Å². The van der Waals surface area contributed by atoms with Crippen LogP contribution in [0.1, 0.15) is 35.2 Å². The number of hydrogen-bond acceptors (Lipinski definition) is 2. The van der Waals surface area contributed by atoms with Crippen LogP contribution in [0.5, 0.6) is 0 Å². The van der Waals surface area contributed by atoms with Gasteiger partial charge in [0.15, 0.2) is 0 Å². The Morgan fingerprint density at radius 3 is 2.95 bits per heavy atom. The highest BCUT2D eigenvalue weighted by atomic mass is 35.5. The van der Waals surface area contributed by atoms with E-state index in [-0.39, 0.29) is 5.91 Å². The third-order valence-electron chi connectivity index (χ3n) is 4.70. The van der Waals surface area contributed by atoms with Gasteiger partial charge in [0.25, 0.3) is 5.91 Å². The highest BCUT2D eigenvalue weighted by Crippen LogP contribution is 2.36. The van der Waals surface area contributed by atoms with Gasteiger partial charge in [-0.1, -0.05) is 11.6 Å². The third-order valence-corrected chi connectivity index (χ3v) is 4.93. The Bertz CT molecular complexity index is 523. The van der Waals surface area contributed by atoms with Gasteiger partial charge in [0.2, 0.25) is 0 Å². The SMILES string of the molecule is Cc1cc(Cl)ccc1C(=O)N1CCCC2(CCNC2)C1. The van der Waals surface area contributed by atoms with Gasteiger partial charge in [0.1, 0.15) is 0 Å². The number of rotatable bonds is 1. The molecule has 1 aromatic rings. The molecule has 0 bridgehead atoms. The maximum atomic E-state index is 12.7. The first-order chi connectivity index (χ1) is 9.60. The molecule has 4 heteroatoms. The highest BCUT2D eigenvalue weighted by molar-refractivity contribution is 6.30. The summed E-state index contributed by atoms with van der Waals surface area (Å²) in [6.45, 7) is 5.86. The van der Waals surface area contributed by atoms with E-state index in [9.17, 15) is 4.79 Å². The normalized spacial score (nSPS) is 26.2. The van der Waals surface area contributed by atoms with Crippen LogP contribution < -0.4 is 5.32 Å². The molecular formula is C16H21ClN2O. The van der Waals surface area contributed by atoms with Gasteiger partial charge < -0.3 is 10.2 Å². The van der Waals surface area contributed by atoms with Crippen molar-refractivity contribution in [3.8, 4) is 0 Å². The minimum atomic E-state index is 0.158. The van der Waals surface area contributed by atoms with Crippen LogP contribution in [0.2, 0.25) is 5.02 Å². The Labute approximate surface area is 125 Å². The average Bonchev–Trinajstić information content (AvgIpc) is 2.86. The molecule has 3 nitrogen and oxygen atoms in total. The van der Waals surface area contributed by atoms with E-state index < -0.39 is 0 Å². The van der Waals surface area contributed by atoms with Gasteiger partial charge in [0.05, 0.1) is 0 Å². The van der Waals surface area contributed by atoms with E-state index in [1.54, 1.807) is 6.07 Å². The maximum absolute atomic E-state index is 12.7. The monoisotopic (exact) mass is 292 g/mol. The second-order valence-corrected chi connectivity index (χ2v) is 6.65. The molecule has 1 unspecified atom stereocenters. The van der Waals surface area contributed by atoms with Crippen LogP contribution >= 0.6 is 11.6 Å². The summed E-state index contributed by atoms with van der Waals surface area (Å²) in [6.07, 6.45) is 3.54. The molecule has 20 heavy (non-hydrogen) atoms. The molecule has 2 fully saturated rings. The molecule has 2 saturated heterocycles. The van der Waals surface area contributed by atoms with Crippen LogP contribution in [0.4, 0.5) is 0 Å². The molecule has 0 aliphatic carbocycles. The highest BCUT2D eigenvalue weighted by Gasteiger charge is 2.39. The van der Waals surface area contributed by atoms with Crippen molar-refractivity contribution >= 4 is 17.5 Å². The lowest BCUT2D eigenvalue weighted by molar-refractivity contribution is 0.0553. The Morgan fingerprint density at radius 1 is 1.40 bits per heavy atom. The van der Waals surface area contributed by atoms with Crippen LogP contribution in [0, 0.1) is 12.3 Å². The third kappa shape index (κ3) is 2.57. The zero-order valence-corrected chi connectivity index (χ0v) is 12.7. The van der Waals surface area contributed by atoms with Crippen molar-refractivity contribution in [3.63, 3.8) is 0 Å². The van der Waals surface area contributed by atoms with Gasteiger partial charge in [-0.2, -0.15) is 0 Å². The quantitative estimate of drug-likeness (QED) is 0.863. The van der Waals surface area contributed by atoms with Crippen LogP contribution in [-0.4, -0.2) is 37.0 Å². The number of carbonyl (C=O) groups excluding carboxylic acids is 1. The predicted molar refractivity (Wildman–Crippen MR) is 81.2 cm³/mol. The van der Waals surface area contributed by atoms with E-state index in [1.165, 1.54) is 12.8 Å². The Kier molecular flexibility index (Phi) is 3.74. The zero-order chi connectivity index (χ0) is 14.2. The number of nitrogens with one attached hydrogen (secondary N) is 1. The molecule has 1 amide bonds. The van der Waals surface area contributed by atoms with Crippen molar-refractivity contribution in [2.45, 2.75) is 26.2 Å². The molecule has 2 aliphatic rings. The summed E-state index contributed by atoms with van der Waals surface area (Å²) in [5.41, 5.74) is 2.07. The lowest BCUT2D eigenvalue weighted by Gasteiger charge is -2.40. The molecule has 0 aromatic heterocycles. The summed E-state index contributed by atoms with van der Waals surface area (Å²) in [4.78, 5) is 14.8. The Hall–Kier alpha value is -1.06. The van der Waals surface area contributed by atoms with Gasteiger partial charge in [-0.15, -0.1) is 0 Å². The largest absolute Gasteiger partial charge is 0.338 e. The molecule has 108 valence electrons. The summed E-state index contributed by atoms with van der Waals surface area (Å²) >= 11 is 5.97. The number of likely N-dealkylation sites (tertiary alicyclic amines) is 1. The molecule has 1 N–H and O–H groups in total. The number of hydrogen-bond donors (Lipinski definition) is 1. The molecular weight excluding hydrogens is 272 g/mol. The molecule has 0 saturated carbocycles. The summed E-state index contributed by atoms with van der Waals surface area (Å²) in [7, 11) is 0. The second kappa shape index (κ2) is 5.38. The first kappa shape index (κ1) is 13.9. The van der Waals surface area contributed by atoms with E-state index in [2.05, 4.69) is 5.32 Å². The lowest BCUT2D eigenvalue weighted by atomic mass is 9.79. The number of benzene rings is 1. The molecule has 0 radical (unpaired) electrons. The fourth-order valence-electron chi connectivity index (χ4n) is 3.56. The topological polar surface area (TPSA) is 32.3 Å². The smallest absolute Gasteiger partial charge is 0.254 e. The van der Waals surface area contributed by atoms with Crippen LogP contribution in [0.3, 0.4) is 0 Å². The minimum Gasteiger partial charge on any atom is -0.338 e. The Morgan fingerprint density at radius 2 is 2.25 bits per heavy atom.